The SMILES string of the molecule is C[C@@H]1CCCCN1C(=O)c1ccc(Cn2cc(Cl)cn2)o1. The average Bonchev–Trinajstić information content (AvgIpc) is 3.08. The topological polar surface area (TPSA) is 51.3 Å². The molecule has 3 heterocycles. The Labute approximate surface area is 128 Å². The van der Waals surface area contributed by atoms with Gasteiger partial charge in [0, 0.05) is 18.8 Å². The van der Waals surface area contributed by atoms with E-state index in [0.717, 1.165) is 19.4 Å². The molecule has 0 spiro atoms. The van der Waals surface area contributed by atoms with Gasteiger partial charge >= 0.3 is 0 Å². The van der Waals surface area contributed by atoms with Crippen LogP contribution in [0.15, 0.2) is 28.9 Å². The molecule has 3 rings (SSSR count). The zero-order valence-electron chi connectivity index (χ0n) is 12.0. The van der Waals surface area contributed by atoms with Gasteiger partial charge in [-0.2, -0.15) is 5.10 Å². The third-order valence-corrected chi connectivity index (χ3v) is 4.05. The van der Waals surface area contributed by atoms with E-state index in [1.54, 1.807) is 23.1 Å². The van der Waals surface area contributed by atoms with Crippen LogP contribution < -0.4 is 0 Å². The Morgan fingerprint density at radius 3 is 3.05 bits per heavy atom. The van der Waals surface area contributed by atoms with Crippen molar-refractivity contribution in [3.8, 4) is 0 Å². The maximum absolute atomic E-state index is 12.5. The van der Waals surface area contributed by atoms with E-state index in [4.69, 9.17) is 16.0 Å². The minimum absolute atomic E-state index is 0.0213. The van der Waals surface area contributed by atoms with Gasteiger partial charge in [-0.1, -0.05) is 11.6 Å². The van der Waals surface area contributed by atoms with Gasteiger partial charge in [0.1, 0.15) is 5.76 Å². The first-order valence-corrected chi connectivity index (χ1v) is 7.59. The van der Waals surface area contributed by atoms with Crippen molar-refractivity contribution < 1.29 is 9.21 Å². The quantitative estimate of drug-likeness (QED) is 0.875. The lowest BCUT2D eigenvalue weighted by molar-refractivity contribution is 0.0601. The molecule has 2 aromatic rings. The maximum Gasteiger partial charge on any atom is 0.289 e. The van der Waals surface area contributed by atoms with Crippen molar-refractivity contribution >= 4 is 17.5 Å². The molecular formula is C15H18ClN3O2. The first kappa shape index (κ1) is 14.2. The van der Waals surface area contributed by atoms with Gasteiger partial charge in [0.2, 0.25) is 0 Å². The van der Waals surface area contributed by atoms with Gasteiger partial charge in [0.15, 0.2) is 5.76 Å². The van der Waals surface area contributed by atoms with Crippen molar-refractivity contribution in [2.75, 3.05) is 6.54 Å². The molecule has 1 atom stereocenters. The molecular weight excluding hydrogens is 290 g/mol. The Hall–Kier alpha value is -1.75. The van der Waals surface area contributed by atoms with Crippen LogP contribution in [-0.2, 0) is 6.54 Å². The Morgan fingerprint density at radius 2 is 2.33 bits per heavy atom. The van der Waals surface area contributed by atoms with E-state index < -0.39 is 0 Å². The van der Waals surface area contributed by atoms with Crippen molar-refractivity contribution in [1.29, 1.82) is 0 Å². The van der Waals surface area contributed by atoms with Crippen LogP contribution in [0.4, 0.5) is 0 Å². The number of carbonyl (C=O) groups is 1. The summed E-state index contributed by atoms with van der Waals surface area (Å²) in [5.74, 6) is 1.08. The van der Waals surface area contributed by atoms with E-state index in [1.165, 1.54) is 6.42 Å². The summed E-state index contributed by atoms with van der Waals surface area (Å²) in [6, 6.07) is 3.84. The smallest absolute Gasteiger partial charge is 0.289 e. The number of amides is 1. The summed E-state index contributed by atoms with van der Waals surface area (Å²) in [4.78, 5) is 14.4. The van der Waals surface area contributed by atoms with Gasteiger partial charge in [-0.05, 0) is 38.3 Å². The average molecular weight is 308 g/mol. The molecule has 1 aliphatic rings. The predicted molar refractivity (Wildman–Crippen MR) is 79.4 cm³/mol. The van der Waals surface area contributed by atoms with Crippen LogP contribution in [0.2, 0.25) is 5.02 Å². The number of carbonyl (C=O) groups excluding carboxylic acids is 1. The van der Waals surface area contributed by atoms with Crippen molar-refractivity contribution in [3.63, 3.8) is 0 Å². The van der Waals surface area contributed by atoms with Gasteiger partial charge in [-0.25, -0.2) is 0 Å². The molecule has 5 nitrogen and oxygen atoms in total. The number of nitrogens with zero attached hydrogens (tertiary/aromatic N) is 3. The minimum Gasteiger partial charge on any atom is -0.454 e. The standard InChI is InChI=1S/C15H18ClN3O2/c1-11-4-2-3-7-19(11)15(20)14-6-5-13(21-14)10-18-9-12(16)8-17-18/h5-6,8-9,11H,2-4,7,10H2,1H3/t11-/m1/s1. The summed E-state index contributed by atoms with van der Waals surface area (Å²) in [5.41, 5.74) is 0. The Bertz CT molecular complexity index is 634. The highest BCUT2D eigenvalue weighted by Gasteiger charge is 2.26. The second-order valence-corrected chi connectivity index (χ2v) is 5.90. The highest BCUT2D eigenvalue weighted by Crippen LogP contribution is 2.20. The Kier molecular flexibility index (Phi) is 4.01. The molecule has 0 bridgehead atoms. The predicted octanol–water partition coefficient (Wildman–Crippen LogP) is 3.19. The molecule has 0 aromatic carbocycles. The number of likely N-dealkylation sites (tertiary alicyclic amines) is 1. The number of furan rings is 1. The molecule has 21 heavy (non-hydrogen) atoms. The van der Waals surface area contributed by atoms with Crippen LogP contribution in [0, 0.1) is 0 Å². The third kappa shape index (κ3) is 3.13. The summed E-state index contributed by atoms with van der Waals surface area (Å²) in [5, 5.41) is 4.68. The van der Waals surface area contributed by atoms with Gasteiger partial charge in [-0.15, -0.1) is 0 Å². The Balaban J connectivity index is 1.70. The summed E-state index contributed by atoms with van der Waals surface area (Å²) in [7, 11) is 0. The normalized spacial score (nSPS) is 19.0. The number of piperidine rings is 1. The number of halogens is 1. The molecule has 112 valence electrons. The molecule has 2 aromatic heterocycles. The van der Waals surface area contributed by atoms with Crippen molar-refractivity contribution in [3.05, 3.63) is 41.1 Å². The molecule has 0 radical (unpaired) electrons. The fourth-order valence-electron chi connectivity index (χ4n) is 2.70. The van der Waals surface area contributed by atoms with E-state index in [2.05, 4.69) is 12.0 Å². The van der Waals surface area contributed by atoms with Crippen molar-refractivity contribution in [2.45, 2.75) is 38.8 Å². The fraction of sp³-hybridized carbons (Fsp3) is 0.467. The lowest BCUT2D eigenvalue weighted by Crippen LogP contribution is -2.41. The largest absolute Gasteiger partial charge is 0.454 e. The van der Waals surface area contributed by atoms with Crippen LogP contribution >= 0.6 is 11.6 Å². The van der Waals surface area contributed by atoms with Crippen molar-refractivity contribution in [1.82, 2.24) is 14.7 Å². The molecule has 0 saturated carbocycles. The van der Waals surface area contributed by atoms with E-state index >= 15 is 0 Å². The summed E-state index contributed by atoms with van der Waals surface area (Å²) in [6.07, 6.45) is 6.61. The van der Waals surface area contributed by atoms with Gasteiger partial charge in [0.05, 0.1) is 17.8 Å². The Morgan fingerprint density at radius 1 is 1.48 bits per heavy atom. The van der Waals surface area contributed by atoms with Crippen LogP contribution in [0.3, 0.4) is 0 Å². The van der Waals surface area contributed by atoms with E-state index in [1.807, 2.05) is 11.0 Å². The molecule has 0 N–H and O–H groups in total. The second kappa shape index (κ2) is 5.93. The minimum atomic E-state index is -0.0213. The zero-order valence-corrected chi connectivity index (χ0v) is 12.7. The van der Waals surface area contributed by atoms with E-state index in [0.29, 0.717) is 23.1 Å². The summed E-state index contributed by atoms with van der Waals surface area (Å²) >= 11 is 5.83. The number of hydrogen-bond acceptors (Lipinski definition) is 3. The van der Waals surface area contributed by atoms with E-state index in [-0.39, 0.29) is 11.9 Å². The molecule has 1 fully saturated rings. The van der Waals surface area contributed by atoms with Gasteiger partial charge in [-0.3, -0.25) is 9.48 Å². The number of hydrogen-bond donors (Lipinski definition) is 0. The maximum atomic E-state index is 12.5. The molecule has 1 aliphatic heterocycles. The molecule has 1 saturated heterocycles. The van der Waals surface area contributed by atoms with Crippen LogP contribution in [0.5, 0.6) is 0 Å². The van der Waals surface area contributed by atoms with Gasteiger partial charge < -0.3 is 9.32 Å². The molecule has 0 unspecified atom stereocenters. The van der Waals surface area contributed by atoms with Crippen molar-refractivity contribution in [2.24, 2.45) is 0 Å². The van der Waals surface area contributed by atoms with Crippen LogP contribution in [0.1, 0.15) is 42.5 Å². The summed E-state index contributed by atoms with van der Waals surface area (Å²) < 4.78 is 7.34. The highest BCUT2D eigenvalue weighted by molar-refractivity contribution is 6.30. The third-order valence-electron chi connectivity index (χ3n) is 3.86. The molecule has 0 aliphatic carbocycles. The fourth-order valence-corrected chi connectivity index (χ4v) is 2.86. The summed E-state index contributed by atoms with van der Waals surface area (Å²) in [6.45, 7) is 3.37. The first-order valence-electron chi connectivity index (χ1n) is 7.21. The number of aromatic nitrogens is 2. The highest BCUT2D eigenvalue weighted by atomic mass is 35.5. The van der Waals surface area contributed by atoms with Gasteiger partial charge in [0.25, 0.3) is 5.91 Å². The second-order valence-electron chi connectivity index (χ2n) is 5.47. The van der Waals surface area contributed by atoms with Crippen LogP contribution in [0.25, 0.3) is 0 Å². The monoisotopic (exact) mass is 307 g/mol. The number of rotatable bonds is 3. The first-order chi connectivity index (χ1) is 10.1. The van der Waals surface area contributed by atoms with Crippen LogP contribution in [-0.4, -0.2) is 33.2 Å². The lowest BCUT2D eigenvalue weighted by atomic mass is 10.0. The molecule has 6 heteroatoms. The van der Waals surface area contributed by atoms with E-state index in [9.17, 15) is 4.79 Å². The molecule has 1 amide bonds. The lowest BCUT2D eigenvalue weighted by Gasteiger charge is -2.32. The zero-order chi connectivity index (χ0) is 14.8.